The summed E-state index contributed by atoms with van der Waals surface area (Å²) in [6.45, 7) is 5.03. The second kappa shape index (κ2) is 8.30. The fourth-order valence-electron chi connectivity index (χ4n) is 2.63. The zero-order valence-electron chi connectivity index (χ0n) is 14.8. The van der Waals surface area contributed by atoms with Crippen LogP contribution in [-0.2, 0) is 6.61 Å². The van der Waals surface area contributed by atoms with Gasteiger partial charge >= 0.3 is 0 Å². The van der Waals surface area contributed by atoms with Crippen molar-refractivity contribution in [2.75, 3.05) is 0 Å². The molecule has 0 fully saturated rings. The number of fused-ring (bicyclic) bond motifs is 2. The van der Waals surface area contributed by atoms with Gasteiger partial charge in [0.2, 0.25) is 0 Å². The van der Waals surface area contributed by atoms with Crippen LogP contribution in [0.15, 0.2) is 60.9 Å². The minimum Gasteiger partial charge on any atom is -0.489 e. The Bertz CT molecular complexity index is 847. The van der Waals surface area contributed by atoms with Crippen LogP contribution < -0.4 is 4.74 Å². The van der Waals surface area contributed by atoms with Crippen LogP contribution in [0.3, 0.4) is 0 Å². The molecule has 2 heterocycles. The predicted octanol–water partition coefficient (Wildman–Crippen LogP) is 4.91. The Morgan fingerprint density at radius 2 is 1.69 bits per heavy atom. The zero-order chi connectivity index (χ0) is 18.5. The predicted molar refractivity (Wildman–Crippen MR) is 102 cm³/mol. The van der Waals surface area contributed by atoms with Crippen molar-refractivity contribution >= 4 is 11.6 Å². The third kappa shape index (κ3) is 4.40. The lowest BCUT2D eigenvalue weighted by Gasteiger charge is -2.12. The van der Waals surface area contributed by atoms with Crippen LogP contribution in [0.5, 0.6) is 5.75 Å². The highest BCUT2D eigenvalue weighted by Gasteiger charge is 2.16. The topological polar surface area (TPSA) is 55.2 Å². The van der Waals surface area contributed by atoms with E-state index in [4.69, 9.17) is 16.3 Å². The Morgan fingerprint density at radius 1 is 1.00 bits per heavy atom. The Hall–Kier alpha value is -2.43. The van der Waals surface area contributed by atoms with Crippen molar-refractivity contribution in [3.8, 4) is 5.75 Å². The van der Waals surface area contributed by atoms with Crippen LogP contribution in [-0.4, -0.2) is 15.1 Å². The van der Waals surface area contributed by atoms with Crippen LogP contribution in [0.1, 0.15) is 48.3 Å². The van der Waals surface area contributed by atoms with Crippen molar-refractivity contribution in [3.63, 3.8) is 0 Å². The fourth-order valence-corrected chi connectivity index (χ4v) is 2.84. The SMILES string of the molecule is CC(C)c1ccc(C(O)c2nccnc2Cl)cc1.c1cc2cc(c1)OC2. The van der Waals surface area contributed by atoms with Gasteiger partial charge < -0.3 is 9.84 Å². The molecule has 1 unspecified atom stereocenters. The number of nitrogens with zero attached hydrogens (tertiary/aromatic N) is 2. The van der Waals surface area contributed by atoms with E-state index in [2.05, 4.69) is 35.9 Å². The van der Waals surface area contributed by atoms with E-state index < -0.39 is 6.10 Å². The summed E-state index contributed by atoms with van der Waals surface area (Å²) in [5.74, 6) is 1.47. The number of benzene rings is 2. The number of rotatable bonds is 3. The molecule has 0 saturated heterocycles. The lowest BCUT2D eigenvalue weighted by atomic mass is 9.99. The second-order valence-corrected chi connectivity index (χ2v) is 6.75. The average molecular weight is 369 g/mol. The lowest BCUT2D eigenvalue weighted by Crippen LogP contribution is -2.04. The van der Waals surface area contributed by atoms with Crippen molar-refractivity contribution in [3.05, 3.63) is 88.5 Å². The molecule has 0 saturated carbocycles. The molecule has 1 aliphatic heterocycles. The largest absolute Gasteiger partial charge is 0.489 e. The molecule has 4 nitrogen and oxygen atoms in total. The van der Waals surface area contributed by atoms with Gasteiger partial charge in [0.25, 0.3) is 0 Å². The number of aliphatic hydroxyl groups is 1. The molecule has 0 amide bonds. The first-order valence-corrected chi connectivity index (χ1v) is 8.88. The van der Waals surface area contributed by atoms with Crippen molar-refractivity contribution in [1.82, 2.24) is 9.97 Å². The van der Waals surface area contributed by atoms with E-state index in [1.807, 2.05) is 36.4 Å². The molecular weight excluding hydrogens is 348 g/mol. The van der Waals surface area contributed by atoms with Crippen LogP contribution in [0.4, 0.5) is 0 Å². The van der Waals surface area contributed by atoms with E-state index in [9.17, 15) is 5.11 Å². The molecule has 3 aromatic rings. The Labute approximate surface area is 158 Å². The maximum atomic E-state index is 10.2. The molecule has 5 heteroatoms. The maximum absolute atomic E-state index is 10.2. The van der Waals surface area contributed by atoms with Crippen molar-refractivity contribution < 1.29 is 9.84 Å². The van der Waals surface area contributed by atoms with Gasteiger partial charge in [0.1, 0.15) is 24.2 Å². The monoisotopic (exact) mass is 368 g/mol. The van der Waals surface area contributed by atoms with Crippen molar-refractivity contribution in [1.29, 1.82) is 0 Å². The molecule has 0 radical (unpaired) electrons. The van der Waals surface area contributed by atoms with E-state index in [1.165, 1.54) is 23.5 Å². The van der Waals surface area contributed by atoms with Gasteiger partial charge in [0.15, 0.2) is 5.15 Å². The molecule has 1 N–H and O–H groups in total. The van der Waals surface area contributed by atoms with Gasteiger partial charge in [-0.1, -0.05) is 61.8 Å². The van der Waals surface area contributed by atoms with Gasteiger partial charge in [-0.15, -0.1) is 0 Å². The van der Waals surface area contributed by atoms with Gasteiger partial charge in [-0.05, 0) is 34.7 Å². The Kier molecular flexibility index (Phi) is 5.86. The average Bonchev–Trinajstić information content (AvgIpc) is 2.99. The highest BCUT2D eigenvalue weighted by Crippen LogP contribution is 2.26. The molecule has 1 aromatic heterocycles. The maximum Gasteiger partial charge on any atom is 0.153 e. The molecule has 26 heavy (non-hydrogen) atoms. The van der Waals surface area contributed by atoms with E-state index in [0.29, 0.717) is 11.6 Å². The number of halogens is 1. The molecule has 2 bridgehead atoms. The van der Waals surface area contributed by atoms with Gasteiger partial charge in [-0.25, -0.2) is 4.98 Å². The number of hydrogen-bond donors (Lipinski definition) is 1. The molecule has 134 valence electrons. The standard InChI is InChI=1S/C14H15ClN2O.C7H6O/c1-9(2)10-3-5-11(6-4-10)13(18)12-14(15)17-8-7-16-12;1-2-6-4-7(3-1)8-5-6/h3-9,13,18H,1-2H3;1-4H,5H2. The minimum atomic E-state index is -0.840. The molecule has 0 spiro atoms. The molecule has 4 rings (SSSR count). The normalized spacial score (nSPS) is 13.0. The van der Waals surface area contributed by atoms with E-state index in [-0.39, 0.29) is 5.15 Å². The van der Waals surface area contributed by atoms with E-state index in [1.54, 1.807) is 0 Å². The molecule has 2 aromatic carbocycles. The van der Waals surface area contributed by atoms with Gasteiger partial charge in [-0.3, -0.25) is 4.98 Å². The summed E-state index contributed by atoms with van der Waals surface area (Å²) < 4.78 is 5.18. The van der Waals surface area contributed by atoms with Crippen LogP contribution in [0, 0.1) is 0 Å². The summed E-state index contributed by atoms with van der Waals surface area (Å²) in [5.41, 5.74) is 3.66. The van der Waals surface area contributed by atoms with Crippen LogP contribution in [0.2, 0.25) is 5.15 Å². The van der Waals surface area contributed by atoms with Crippen LogP contribution in [0.25, 0.3) is 0 Å². The number of hydrogen-bond acceptors (Lipinski definition) is 4. The van der Waals surface area contributed by atoms with Gasteiger partial charge in [-0.2, -0.15) is 0 Å². The Morgan fingerprint density at radius 3 is 2.31 bits per heavy atom. The summed E-state index contributed by atoms with van der Waals surface area (Å²) in [4.78, 5) is 7.98. The molecule has 0 aliphatic carbocycles. The summed E-state index contributed by atoms with van der Waals surface area (Å²) >= 11 is 5.92. The summed E-state index contributed by atoms with van der Waals surface area (Å²) in [5, 5.41) is 10.4. The number of aliphatic hydroxyl groups excluding tert-OH is 1. The third-order valence-electron chi connectivity index (χ3n) is 4.16. The summed E-state index contributed by atoms with van der Waals surface area (Å²) in [6.07, 6.45) is 2.18. The highest BCUT2D eigenvalue weighted by molar-refractivity contribution is 6.30. The fraction of sp³-hybridized carbons (Fsp3) is 0.238. The zero-order valence-corrected chi connectivity index (χ0v) is 15.5. The molecule has 1 aliphatic rings. The number of ether oxygens (including phenoxy) is 1. The third-order valence-corrected chi connectivity index (χ3v) is 4.45. The smallest absolute Gasteiger partial charge is 0.153 e. The first kappa shape index (κ1) is 18.4. The highest BCUT2D eigenvalue weighted by atomic mass is 35.5. The first-order valence-electron chi connectivity index (χ1n) is 8.50. The Balaban J connectivity index is 0.000000201. The number of aromatic nitrogens is 2. The summed E-state index contributed by atoms with van der Waals surface area (Å²) in [6, 6.07) is 15.9. The lowest BCUT2D eigenvalue weighted by molar-refractivity contribution is 0.215. The van der Waals surface area contributed by atoms with Crippen molar-refractivity contribution in [2.45, 2.75) is 32.5 Å². The first-order chi connectivity index (χ1) is 12.5. The molecule has 1 atom stereocenters. The summed E-state index contributed by atoms with van der Waals surface area (Å²) in [7, 11) is 0. The van der Waals surface area contributed by atoms with E-state index >= 15 is 0 Å². The quantitative estimate of drug-likeness (QED) is 0.713. The van der Waals surface area contributed by atoms with E-state index in [0.717, 1.165) is 17.9 Å². The molecular formula is C21H21ClN2O2. The van der Waals surface area contributed by atoms with Crippen molar-refractivity contribution in [2.24, 2.45) is 0 Å². The second-order valence-electron chi connectivity index (χ2n) is 6.39. The van der Waals surface area contributed by atoms with Gasteiger partial charge in [0.05, 0.1) is 0 Å². The van der Waals surface area contributed by atoms with Gasteiger partial charge in [0, 0.05) is 12.4 Å². The minimum absolute atomic E-state index is 0.234. The van der Waals surface area contributed by atoms with Crippen LogP contribution >= 0.6 is 11.6 Å².